The van der Waals surface area contributed by atoms with Crippen molar-refractivity contribution in [2.45, 2.75) is 13.8 Å². The zero-order chi connectivity index (χ0) is 47.6. The van der Waals surface area contributed by atoms with Gasteiger partial charge in [0, 0.05) is 72.6 Å². The highest BCUT2D eigenvalue weighted by Gasteiger charge is 2.28. The number of rotatable bonds is 8. The summed E-state index contributed by atoms with van der Waals surface area (Å²) >= 11 is 0. The highest BCUT2D eigenvalue weighted by Crippen LogP contribution is 2.46. The zero-order valence-electron chi connectivity index (χ0n) is 38.9. The van der Waals surface area contributed by atoms with E-state index in [0.717, 1.165) is 72.5 Å². The molecule has 0 N–H and O–H groups in total. The Morgan fingerprint density at radius 3 is 1.48 bits per heavy atom. The van der Waals surface area contributed by atoms with Gasteiger partial charge in [-0.3, -0.25) is 4.98 Å². The first-order chi connectivity index (χ1) is 35.0. The number of nitriles is 1. The lowest BCUT2D eigenvalue weighted by Crippen LogP contribution is -2.06. The molecule has 13 aromatic rings. The minimum Gasteiger partial charge on any atom is -0.311 e. The quantitative estimate of drug-likeness (QED) is 0.151. The smallest absolute Gasteiger partial charge is 0.164 e. The van der Waals surface area contributed by atoms with E-state index in [-0.39, 0.29) is 0 Å². The molecule has 0 saturated carbocycles. The van der Waals surface area contributed by atoms with Crippen molar-refractivity contribution in [3.05, 3.63) is 235 Å². The first kappa shape index (κ1) is 41.5. The van der Waals surface area contributed by atoms with E-state index in [9.17, 15) is 5.26 Å². The third-order valence-corrected chi connectivity index (χ3v) is 13.8. The van der Waals surface area contributed by atoms with Crippen molar-refractivity contribution < 1.29 is 0 Å². The number of fused-ring (bicyclic) bond motifs is 5. The zero-order valence-corrected chi connectivity index (χ0v) is 38.9. The molecule has 0 radical (unpaired) electrons. The van der Waals surface area contributed by atoms with Crippen LogP contribution in [0.4, 0.5) is 0 Å². The van der Waals surface area contributed by atoms with Gasteiger partial charge >= 0.3 is 0 Å². The number of nitrogens with zero attached hydrogens (tertiary/aromatic N) is 8. The van der Waals surface area contributed by atoms with Crippen LogP contribution in [0.3, 0.4) is 0 Å². The van der Waals surface area contributed by atoms with Crippen molar-refractivity contribution in [3.8, 4) is 79.8 Å². The predicted molar refractivity (Wildman–Crippen MR) is 287 cm³/mol. The number of benzene rings is 8. The summed E-state index contributed by atoms with van der Waals surface area (Å²) in [6, 6.07) is 75.5. The van der Waals surface area contributed by atoms with E-state index in [2.05, 4.69) is 179 Å². The summed E-state index contributed by atoms with van der Waals surface area (Å²) in [5.41, 5.74) is 15.6. The van der Waals surface area contributed by atoms with Gasteiger partial charge in [-0.1, -0.05) is 152 Å². The summed E-state index contributed by atoms with van der Waals surface area (Å²) in [6.07, 6.45) is 1.87. The van der Waals surface area contributed by atoms with Crippen LogP contribution in [0.5, 0.6) is 0 Å². The summed E-state index contributed by atoms with van der Waals surface area (Å²) in [4.78, 5) is 20.5. The molecule has 0 fully saturated rings. The third-order valence-electron chi connectivity index (χ3n) is 13.8. The molecular weight excluding hydrogens is 869 g/mol. The standard InChI is InChI=1S/C63H42N8/c1-40-48-26-12-16-30-54(48)71(46-24-10-5-11-25-46)59(40)58-41(2)69(57-33-19-15-29-51(57)58)60-45(39-64)36-44(63-67-61(42-20-6-3-7-21-42)66-62(68-63)43-22-8-4-9-23-43)37-52(60)53-38-47(34-35-65-53)70-55-31-17-13-27-49(55)50-28-14-18-32-56(50)70/h3-38H,1-2H3. The van der Waals surface area contributed by atoms with Gasteiger partial charge in [-0.05, 0) is 80.1 Å². The minimum atomic E-state index is 0.443. The maximum absolute atomic E-state index is 11.6. The molecule has 0 aliphatic heterocycles. The molecule has 0 atom stereocenters. The highest BCUT2D eigenvalue weighted by molar-refractivity contribution is 6.09. The van der Waals surface area contributed by atoms with E-state index in [4.69, 9.17) is 19.9 Å². The number of aromatic nitrogens is 7. The molecule has 0 saturated heterocycles. The molecule has 5 heterocycles. The Hall–Kier alpha value is -9.71. The van der Waals surface area contributed by atoms with Gasteiger partial charge in [0.2, 0.25) is 0 Å². The van der Waals surface area contributed by atoms with Gasteiger partial charge in [0.05, 0.1) is 44.7 Å². The Morgan fingerprint density at radius 1 is 0.423 bits per heavy atom. The van der Waals surface area contributed by atoms with Crippen LogP contribution in [-0.4, -0.2) is 33.6 Å². The Bertz CT molecular complexity index is 4140. The molecule has 334 valence electrons. The fourth-order valence-corrected chi connectivity index (χ4v) is 10.6. The molecule has 0 bridgehead atoms. The average Bonchev–Trinajstić information content (AvgIpc) is 4.04. The van der Waals surface area contributed by atoms with Gasteiger partial charge in [-0.15, -0.1) is 0 Å². The number of hydrogen-bond acceptors (Lipinski definition) is 5. The topological polar surface area (TPSA) is 90.1 Å². The summed E-state index contributed by atoms with van der Waals surface area (Å²) in [5.74, 6) is 1.51. The fourth-order valence-electron chi connectivity index (χ4n) is 10.6. The van der Waals surface area contributed by atoms with Crippen molar-refractivity contribution in [1.29, 1.82) is 5.26 Å². The van der Waals surface area contributed by atoms with Gasteiger partial charge in [0.25, 0.3) is 0 Å². The van der Waals surface area contributed by atoms with Crippen LogP contribution in [0.25, 0.3) is 117 Å². The average molecular weight is 911 g/mol. The van der Waals surface area contributed by atoms with Crippen LogP contribution in [0.1, 0.15) is 16.8 Å². The van der Waals surface area contributed by atoms with E-state index < -0.39 is 0 Å². The van der Waals surface area contributed by atoms with Gasteiger partial charge in [0.15, 0.2) is 17.5 Å². The molecule has 0 amide bonds. The summed E-state index contributed by atoms with van der Waals surface area (Å²) in [6.45, 7) is 4.39. The Balaban J connectivity index is 1.12. The van der Waals surface area contributed by atoms with Crippen LogP contribution in [0.2, 0.25) is 0 Å². The van der Waals surface area contributed by atoms with Crippen molar-refractivity contribution >= 4 is 43.6 Å². The molecule has 13 rings (SSSR count). The van der Waals surface area contributed by atoms with Gasteiger partial charge in [0.1, 0.15) is 6.07 Å². The van der Waals surface area contributed by atoms with Crippen LogP contribution in [-0.2, 0) is 0 Å². The van der Waals surface area contributed by atoms with E-state index in [1.54, 1.807) is 0 Å². The van der Waals surface area contributed by atoms with E-state index in [1.807, 2.05) is 72.9 Å². The second-order valence-electron chi connectivity index (χ2n) is 17.8. The Morgan fingerprint density at radius 2 is 0.901 bits per heavy atom. The largest absolute Gasteiger partial charge is 0.311 e. The Labute approximate surface area is 409 Å². The van der Waals surface area contributed by atoms with Crippen LogP contribution >= 0.6 is 0 Å². The SMILES string of the molecule is Cc1c(-c2c(C)n(-c3c(C#N)cc(-c4nc(-c5ccccc5)nc(-c5ccccc5)n4)cc3-c3cc(-n4c5ccccc5c5ccccc54)ccn3)c3ccccc23)n(-c2ccccc2)c2ccccc12. The normalized spacial score (nSPS) is 11.5. The van der Waals surface area contributed by atoms with E-state index >= 15 is 0 Å². The van der Waals surface area contributed by atoms with Crippen molar-refractivity contribution in [1.82, 2.24) is 33.6 Å². The maximum atomic E-state index is 11.6. The lowest BCUT2D eigenvalue weighted by Gasteiger charge is -2.19. The molecule has 71 heavy (non-hydrogen) atoms. The highest BCUT2D eigenvalue weighted by atomic mass is 15.1. The van der Waals surface area contributed by atoms with Gasteiger partial charge < -0.3 is 13.7 Å². The van der Waals surface area contributed by atoms with E-state index in [0.29, 0.717) is 40.0 Å². The summed E-state index contributed by atoms with van der Waals surface area (Å²) in [5, 5.41) is 16.2. The maximum Gasteiger partial charge on any atom is 0.164 e. The molecule has 0 spiro atoms. The molecule has 8 nitrogen and oxygen atoms in total. The predicted octanol–water partition coefficient (Wildman–Crippen LogP) is 15.1. The van der Waals surface area contributed by atoms with Crippen LogP contribution in [0.15, 0.2) is 219 Å². The van der Waals surface area contributed by atoms with Crippen molar-refractivity contribution in [2.75, 3.05) is 0 Å². The molecular formula is C63H42N8. The molecule has 0 unspecified atom stereocenters. The first-order valence-corrected chi connectivity index (χ1v) is 23.7. The Kier molecular flexibility index (Phi) is 9.82. The molecule has 0 aliphatic carbocycles. The first-order valence-electron chi connectivity index (χ1n) is 23.7. The summed E-state index contributed by atoms with van der Waals surface area (Å²) < 4.78 is 6.95. The van der Waals surface area contributed by atoms with Crippen LogP contribution < -0.4 is 0 Å². The number of aryl methyl sites for hydroxylation is 1. The number of para-hydroxylation sites is 5. The minimum absolute atomic E-state index is 0.443. The van der Waals surface area contributed by atoms with Crippen molar-refractivity contribution in [2.24, 2.45) is 0 Å². The van der Waals surface area contributed by atoms with Crippen molar-refractivity contribution in [3.63, 3.8) is 0 Å². The second kappa shape index (κ2) is 16.8. The molecule has 0 aliphatic rings. The lowest BCUT2D eigenvalue weighted by atomic mass is 9.98. The molecule has 8 aromatic carbocycles. The van der Waals surface area contributed by atoms with E-state index in [1.165, 1.54) is 21.7 Å². The number of hydrogen-bond donors (Lipinski definition) is 0. The monoisotopic (exact) mass is 910 g/mol. The lowest BCUT2D eigenvalue weighted by molar-refractivity contribution is 1.04. The molecule has 5 aromatic heterocycles. The van der Waals surface area contributed by atoms with Crippen LogP contribution in [0, 0.1) is 25.2 Å². The second-order valence-corrected chi connectivity index (χ2v) is 17.8. The fraction of sp³-hybridized carbons (Fsp3) is 0.0317. The summed E-state index contributed by atoms with van der Waals surface area (Å²) in [7, 11) is 0. The third kappa shape index (κ3) is 6.74. The van der Waals surface area contributed by atoms with Gasteiger partial charge in [-0.25, -0.2) is 15.0 Å². The molecule has 8 heteroatoms. The van der Waals surface area contributed by atoms with Gasteiger partial charge in [-0.2, -0.15) is 5.26 Å². The number of pyridine rings is 1.